The molecule has 8 nitrogen and oxygen atoms in total. The van der Waals surface area contributed by atoms with E-state index in [-0.39, 0.29) is 36.5 Å². The van der Waals surface area contributed by atoms with Gasteiger partial charge in [0.1, 0.15) is 17.2 Å². The average molecular weight is 567 g/mol. The minimum atomic E-state index is -1.34. The Morgan fingerprint density at radius 2 is 1.71 bits per heavy atom. The molecule has 8 heteroatoms. The first kappa shape index (κ1) is 29.8. The van der Waals surface area contributed by atoms with Gasteiger partial charge in [0.15, 0.2) is 6.29 Å². The van der Waals surface area contributed by atoms with E-state index in [1.165, 1.54) is 25.7 Å². The van der Waals surface area contributed by atoms with Gasteiger partial charge in [0, 0.05) is 18.2 Å². The zero-order valence-electron chi connectivity index (χ0n) is 24.7. The number of carbonyl (C=O) groups is 2. The van der Waals surface area contributed by atoms with E-state index in [1.807, 2.05) is 16.7 Å². The molecule has 1 saturated carbocycles. The molecule has 1 aromatic heterocycles. The third kappa shape index (κ3) is 7.39. The van der Waals surface area contributed by atoms with Crippen LogP contribution in [0.5, 0.6) is 0 Å². The van der Waals surface area contributed by atoms with Crippen LogP contribution in [0.4, 0.5) is 0 Å². The van der Waals surface area contributed by atoms with Gasteiger partial charge >= 0.3 is 5.97 Å². The number of aromatic nitrogens is 1. The SMILES string of the molecule is CC(C)(NC(=O)c1cc2c(n(CC3CCCCC3)c1=O)CCCCCC2)C(=O)OC1COC([C@@H]2C=CC=CC2)OC1. The zero-order valence-corrected chi connectivity index (χ0v) is 24.7. The van der Waals surface area contributed by atoms with E-state index in [0.29, 0.717) is 12.5 Å². The van der Waals surface area contributed by atoms with Crippen LogP contribution in [0.3, 0.4) is 0 Å². The van der Waals surface area contributed by atoms with Gasteiger partial charge in [0.25, 0.3) is 11.5 Å². The number of aryl methyl sites for hydroxylation is 1. The highest BCUT2D eigenvalue weighted by Gasteiger charge is 2.37. The lowest BCUT2D eigenvalue weighted by Gasteiger charge is -2.34. The van der Waals surface area contributed by atoms with Gasteiger partial charge in [-0.05, 0) is 76.3 Å². The second-order valence-electron chi connectivity index (χ2n) is 12.7. The van der Waals surface area contributed by atoms with Crippen LogP contribution in [0.15, 0.2) is 35.2 Å². The van der Waals surface area contributed by atoms with Gasteiger partial charge in [-0.2, -0.15) is 0 Å². The lowest BCUT2D eigenvalue weighted by atomic mass is 9.88. The summed E-state index contributed by atoms with van der Waals surface area (Å²) in [4.78, 5) is 40.6. The lowest BCUT2D eigenvalue weighted by Crippen LogP contribution is -2.54. The van der Waals surface area contributed by atoms with Crippen molar-refractivity contribution in [1.29, 1.82) is 0 Å². The molecule has 0 radical (unpaired) electrons. The molecule has 0 unspecified atom stereocenters. The fourth-order valence-corrected chi connectivity index (χ4v) is 6.54. The van der Waals surface area contributed by atoms with E-state index >= 15 is 0 Å². The molecule has 5 rings (SSSR count). The number of ether oxygens (including phenoxy) is 3. The summed E-state index contributed by atoms with van der Waals surface area (Å²) < 4.78 is 19.3. The summed E-state index contributed by atoms with van der Waals surface area (Å²) in [7, 11) is 0. The smallest absolute Gasteiger partial charge is 0.331 e. The maximum Gasteiger partial charge on any atom is 0.331 e. The molecule has 2 fully saturated rings. The second-order valence-corrected chi connectivity index (χ2v) is 12.7. The Hall–Kier alpha value is -2.71. The molecular weight excluding hydrogens is 520 g/mol. The predicted octanol–water partition coefficient (Wildman–Crippen LogP) is 5.01. The van der Waals surface area contributed by atoms with Crippen molar-refractivity contribution < 1.29 is 23.8 Å². The Morgan fingerprint density at radius 3 is 2.41 bits per heavy atom. The minimum absolute atomic E-state index is 0.114. The monoisotopic (exact) mass is 566 g/mol. The molecule has 4 aliphatic rings. The average Bonchev–Trinajstić information content (AvgIpc) is 2.96. The fourth-order valence-electron chi connectivity index (χ4n) is 6.54. The number of esters is 1. The van der Waals surface area contributed by atoms with E-state index in [0.717, 1.165) is 62.6 Å². The maximum atomic E-state index is 13.8. The number of hydrogen-bond acceptors (Lipinski definition) is 6. The van der Waals surface area contributed by atoms with Gasteiger partial charge in [-0.3, -0.25) is 9.59 Å². The summed E-state index contributed by atoms with van der Waals surface area (Å²) in [6.45, 7) is 4.33. The van der Waals surface area contributed by atoms with E-state index in [2.05, 4.69) is 17.5 Å². The Morgan fingerprint density at radius 1 is 1.00 bits per heavy atom. The van der Waals surface area contributed by atoms with Crippen LogP contribution in [0.2, 0.25) is 0 Å². The summed E-state index contributed by atoms with van der Waals surface area (Å²) in [6.07, 6.45) is 20.1. The first-order chi connectivity index (χ1) is 19.8. The van der Waals surface area contributed by atoms with Gasteiger partial charge < -0.3 is 24.1 Å². The fraction of sp³-hybridized carbons (Fsp3) is 0.667. The first-order valence-electron chi connectivity index (χ1n) is 15.7. The third-order valence-corrected chi connectivity index (χ3v) is 8.98. The standard InChI is InChI=1S/C33H46N2O6/c1-33(2,32(38)41-26-21-39-31(40-22-26)24-15-10-6-11-16-24)34-29(36)27-19-25-17-9-3-4-12-18-28(25)35(30(27)37)20-23-13-7-5-8-14-23/h6,10-11,15,19,23-24,26,31H,3-5,7-9,12-14,16-18,20-22H2,1-2H3,(H,34,36)/t24-,26?,31?/m1/s1. The topological polar surface area (TPSA) is 95.9 Å². The van der Waals surface area contributed by atoms with Gasteiger partial charge in [-0.15, -0.1) is 0 Å². The zero-order chi connectivity index (χ0) is 28.8. The van der Waals surface area contributed by atoms with Crippen LogP contribution in [-0.2, 0) is 38.4 Å². The van der Waals surface area contributed by atoms with Gasteiger partial charge in [-0.1, -0.05) is 56.4 Å². The number of nitrogens with one attached hydrogen (secondary N) is 1. The highest BCUT2D eigenvalue weighted by molar-refractivity contribution is 5.97. The predicted molar refractivity (Wildman–Crippen MR) is 157 cm³/mol. The highest BCUT2D eigenvalue weighted by Crippen LogP contribution is 2.28. The van der Waals surface area contributed by atoms with Crippen molar-refractivity contribution in [3.8, 4) is 0 Å². The number of fused-ring (bicyclic) bond motifs is 1. The molecule has 1 N–H and O–H groups in total. The normalized spacial score (nSPS) is 25.6. The Kier molecular flexibility index (Phi) is 9.81. The van der Waals surface area contributed by atoms with E-state index in [1.54, 1.807) is 19.9 Å². The highest BCUT2D eigenvalue weighted by atomic mass is 16.7. The van der Waals surface area contributed by atoms with Gasteiger partial charge in [0.2, 0.25) is 0 Å². The summed E-state index contributed by atoms with van der Waals surface area (Å²) in [5, 5.41) is 2.80. The molecule has 1 amide bonds. The van der Waals surface area contributed by atoms with Crippen LogP contribution in [0.25, 0.3) is 0 Å². The van der Waals surface area contributed by atoms with Gasteiger partial charge in [-0.25, -0.2) is 4.79 Å². The molecule has 1 saturated heterocycles. The van der Waals surface area contributed by atoms with Crippen molar-refractivity contribution in [3.05, 3.63) is 57.5 Å². The molecule has 2 heterocycles. The number of pyridine rings is 1. The van der Waals surface area contributed by atoms with Crippen LogP contribution < -0.4 is 10.9 Å². The van der Waals surface area contributed by atoms with Crippen LogP contribution in [0, 0.1) is 11.8 Å². The van der Waals surface area contributed by atoms with Crippen LogP contribution in [0.1, 0.15) is 99.7 Å². The molecule has 3 aliphatic carbocycles. The molecule has 224 valence electrons. The third-order valence-electron chi connectivity index (χ3n) is 8.98. The van der Waals surface area contributed by atoms with Gasteiger partial charge in [0.05, 0.1) is 13.2 Å². The molecule has 1 atom stereocenters. The van der Waals surface area contributed by atoms with E-state index < -0.39 is 23.5 Å². The second kappa shape index (κ2) is 13.5. The Bertz CT molecular complexity index is 1200. The summed E-state index contributed by atoms with van der Waals surface area (Å²) in [5.41, 5.74) is 0.729. The number of hydrogen-bond donors (Lipinski definition) is 1. The number of allylic oxidation sites excluding steroid dienone is 3. The van der Waals surface area contributed by atoms with E-state index in [4.69, 9.17) is 14.2 Å². The van der Waals surface area contributed by atoms with Crippen molar-refractivity contribution >= 4 is 11.9 Å². The van der Waals surface area contributed by atoms with Crippen molar-refractivity contribution in [3.63, 3.8) is 0 Å². The van der Waals surface area contributed by atoms with Crippen molar-refractivity contribution in [2.45, 2.75) is 115 Å². The molecule has 0 spiro atoms. The molecule has 1 aromatic rings. The number of rotatable bonds is 7. The molecular formula is C33H46N2O6. The number of nitrogens with zero attached hydrogens (tertiary/aromatic N) is 1. The minimum Gasteiger partial charge on any atom is -0.456 e. The molecule has 0 aromatic carbocycles. The first-order valence-corrected chi connectivity index (χ1v) is 15.7. The van der Waals surface area contributed by atoms with Crippen molar-refractivity contribution in [2.75, 3.05) is 13.2 Å². The summed E-state index contributed by atoms with van der Waals surface area (Å²) >= 11 is 0. The quantitative estimate of drug-likeness (QED) is 0.466. The summed E-state index contributed by atoms with van der Waals surface area (Å²) in [6, 6.07) is 1.79. The lowest BCUT2D eigenvalue weighted by molar-refractivity contribution is -0.239. The van der Waals surface area contributed by atoms with Crippen molar-refractivity contribution in [2.24, 2.45) is 11.8 Å². The molecule has 1 aliphatic heterocycles. The largest absolute Gasteiger partial charge is 0.456 e. The van der Waals surface area contributed by atoms with E-state index in [9.17, 15) is 14.4 Å². The molecule has 0 bridgehead atoms. The Labute approximate surface area is 243 Å². The van der Waals surface area contributed by atoms with Crippen LogP contribution >= 0.6 is 0 Å². The maximum absolute atomic E-state index is 13.8. The Balaban J connectivity index is 1.27. The number of carbonyl (C=O) groups excluding carboxylic acids is 2. The summed E-state index contributed by atoms with van der Waals surface area (Å²) in [5.74, 6) is -0.519. The van der Waals surface area contributed by atoms with Crippen LogP contribution in [-0.4, -0.2) is 47.6 Å². The number of amides is 1. The molecule has 41 heavy (non-hydrogen) atoms. The van der Waals surface area contributed by atoms with Crippen molar-refractivity contribution in [1.82, 2.24) is 9.88 Å².